The van der Waals surface area contributed by atoms with E-state index < -0.39 is 0 Å². The van der Waals surface area contributed by atoms with Crippen LogP contribution < -0.4 is 20.7 Å². The van der Waals surface area contributed by atoms with Crippen LogP contribution in [0.4, 0.5) is 17.3 Å². The van der Waals surface area contributed by atoms with Gasteiger partial charge in [0.25, 0.3) is 0 Å². The van der Waals surface area contributed by atoms with Gasteiger partial charge in [-0.25, -0.2) is 0 Å². The molecule has 9 heteroatoms. The molecule has 2 heterocycles. The van der Waals surface area contributed by atoms with Gasteiger partial charge in [-0.05, 0) is 25.0 Å². The maximum atomic E-state index is 11.7. The first-order valence-electron chi connectivity index (χ1n) is 8.66. The molecule has 2 aromatic rings. The molecule has 144 valence electrons. The van der Waals surface area contributed by atoms with E-state index in [1.165, 1.54) is 11.8 Å². The zero-order valence-corrected chi connectivity index (χ0v) is 15.7. The standard InChI is InChI=1S/C18H24N6O3/c1-4-5-8-27-18-22-16(19)15(21-13(3)26)17(23-18)24(11-25)10-14-7-6-12(2)20-9-14/h6-7,9,11H,4-5,8,10H2,1-3H3,(H,21,26)(H2,19,22,23). The van der Waals surface area contributed by atoms with Crippen LogP contribution in [0.3, 0.4) is 0 Å². The van der Waals surface area contributed by atoms with E-state index >= 15 is 0 Å². The van der Waals surface area contributed by atoms with Crippen molar-refractivity contribution in [2.45, 2.75) is 40.2 Å². The van der Waals surface area contributed by atoms with Crippen LogP contribution in [-0.2, 0) is 16.1 Å². The van der Waals surface area contributed by atoms with Crippen LogP contribution in [0, 0.1) is 6.92 Å². The van der Waals surface area contributed by atoms with Gasteiger partial charge in [-0.15, -0.1) is 0 Å². The van der Waals surface area contributed by atoms with Crippen LogP contribution in [0.2, 0.25) is 0 Å². The number of carbonyl (C=O) groups is 2. The zero-order chi connectivity index (χ0) is 19.8. The van der Waals surface area contributed by atoms with Gasteiger partial charge >= 0.3 is 6.01 Å². The van der Waals surface area contributed by atoms with Gasteiger partial charge in [0, 0.05) is 18.8 Å². The number of amides is 2. The molecular formula is C18H24N6O3. The average molecular weight is 372 g/mol. The number of hydrogen-bond acceptors (Lipinski definition) is 7. The lowest BCUT2D eigenvalue weighted by atomic mass is 10.2. The van der Waals surface area contributed by atoms with Crippen molar-refractivity contribution in [3.8, 4) is 6.01 Å². The van der Waals surface area contributed by atoms with Crippen LogP contribution >= 0.6 is 0 Å². The molecular weight excluding hydrogens is 348 g/mol. The van der Waals surface area contributed by atoms with E-state index in [2.05, 4.69) is 20.3 Å². The van der Waals surface area contributed by atoms with Gasteiger partial charge in [0.15, 0.2) is 11.6 Å². The summed E-state index contributed by atoms with van der Waals surface area (Å²) in [6.45, 7) is 5.88. The number of unbranched alkanes of at least 4 members (excludes halogenated alkanes) is 1. The predicted molar refractivity (Wildman–Crippen MR) is 102 cm³/mol. The minimum atomic E-state index is -0.353. The number of pyridine rings is 1. The second-order valence-electron chi connectivity index (χ2n) is 6.01. The number of nitrogen functional groups attached to an aromatic ring is 1. The Morgan fingerprint density at radius 2 is 2.15 bits per heavy atom. The van der Waals surface area contributed by atoms with Crippen molar-refractivity contribution in [1.29, 1.82) is 0 Å². The molecule has 0 saturated heterocycles. The van der Waals surface area contributed by atoms with E-state index in [0.29, 0.717) is 13.0 Å². The fourth-order valence-electron chi connectivity index (χ4n) is 2.27. The molecule has 0 saturated carbocycles. The highest BCUT2D eigenvalue weighted by Gasteiger charge is 2.20. The van der Waals surface area contributed by atoms with E-state index in [0.717, 1.165) is 24.1 Å². The highest BCUT2D eigenvalue weighted by Crippen LogP contribution is 2.31. The second-order valence-corrected chi connectivity index (χ2v) is 6.01. The third kappa shape index (κ3) is 5.63. The van der Waals surface area contributed by atoms with Crippen molar-refractivity contribution in [2.24, 2.45) is 0 Å². The Labute approximate surface area is 158 Å². The van der Waals surface area contributed by atoms with Crippen molar-refractivity contribution < 1.29 is 14.3 Å². The maximum Gasteiger partial charge on any atom is 0.320 e. The van der Waals surface area contributed by atoms with Crippen LogP contribution in [0.25, 0.3) is 0 Å². The minimum Gasteiger partial charge on any atom is -0.463 e. The van der Waals surface area contributed by atoms with Crippen LogP contribution in [0.1, 0.15) is 37.9 Å². The molecule has 0 fully saturated rings. The highest BCUT2D eigenvalue weighted by molar-refractivity contribution is 5.97. The summed E-state index contributed by atoms with van der Waals surface area (Å²) < 4.78 is 5.52. The molecule has 0 radical (unpaired) electrons. The number of anilines is 3. The van der Waals surface area contributed by atoms with Gasteiger partial charge in [0.05, 0.1) is 13.2 Å². The summed E-state index contributed by atoms with van der Waals surface area (Å²) in [4.78, 5) is 37.2. The molecule has 0 aliphatic rings. The number of aromatic nitrogens is 3. The summed E-state index contributed by atoms with van der Waals surface area (Å²) in [5.74, 6) is -0.163. The predicted octanol–water partition coefficient (Wildman–Crippen LogP) is 2.06. The minimum absolute atomic E-state index is 0.0237. The van der Waals surface area contributed by atoms with E-state index in [-0.39, 0.29) is 35.8 Å². The molecule has 27 heavy (non-hydrogen) atoms. The molecule has 2 amide bonds. The lowest BCUT2D eigenvalue weighted by molar-refractivity contribution is -0.114. The van der Waals surface area contributed by atoms with E-state index in [1.807, 2.05) is 26.0 Å². The van der Waals surface area contributed by atoms with Crippen molar-refractivity contribution >= 4 is 29.6 Å². The van der Waals surface area contributed by atoms with E-state index in [4.69, 9.17) is 10.5 Å². The lowest BCUT2D eigenvalue weighted by Gasteiger charge is -2.21. The molecule has 0 aliphatic heterocycles. The van der Waals surface area contributed by atoms with Gasteiger partial charge in [-0.1, -0.05) is 19.4 Å². The number of nitrogens with one attached hydrogen (secondary N) is 1. The largest absolute Gasteiger partial charge is 0.463 e. The molecule has 0 spiro atoms. The van der Waals surface area contributed by atoms with Crippen molar-refractivity contribution in [2.75, 3.05) is 22.6 Å². The van der Waals surface area contributed by atoms with Gasteiger partial charge in [0.2, 0.25) is 12.3 Å². The van der Waals surface area contributed by atoms with Gasteiger partial charge < -0.3 is 15.8 Å². The van der Waals surface area contributed by atoms with Crippen molar-refractivity contribution in [3.63, 3.8) is 0 Å². The summed E-state index contributed by atoms with van der Waals surface area (Å²) in [7, 11) is 0. The number of rotatable bonds is 9. The number of ether oxygens (including phenoxy) is 1. The number of nitrogens with two attached hydrogens (primary N) is 1. The fourth-order valence-corrected chi connectivity index (χ4v) is 2.27. The number of nitrogens with zero attached hydrogens (tertiary/aromatic N) is 4. The SMILES string of the molecule is CCCCOc1nc(N)c(NC(C)=O)c(N(C=O)Cc2ccc(C)nc2)n1. The molecule has 3 N–H and O–H groups in total. The topological polar surface area (TPSA) is 123 Å². The molecule has 0 aromatic carbocycles. The zero-order valence-electron chi connectivity index (χ0n) is 15.7. The Balaban J connectivity index is 2.39. The van der Waals surface area contributed by atoms with Gasteiger partial charge in [-0.2, -0.15) is 9.97 Å². The normalized spacial score (nSPS) is 10.3. The summed E-state index contributed by atoms with van der Waals surface area (Å²) in [5.41, 5.74) is 7.81. The third-order valence-electron chi connectivity index (χ3n) is 3.65. The Kier molecular flexibility index (Phi) is 7.04. The molecule has 0 atom stereocenters. The Bertz CT molecular complexity index is 794. The molecule has 2 rings (SSSR count). The highest BCUT2D eigenvalue weighted by atomic mass is 16.5. The van der Waals surface area contributed by atoms with Crippen molar-refractivity contribution in [3.05, 3.63) is 29.6 Å². The van der Waals surface area contributed by atoms with Crippen molar-refractivity contribution in [1.82, 2.24) is 15.0 Å². The smallest absolute Gasteiger partial charge is 0.320 e. The van der Waals surface area contributed by atoms with Crippen LogP contribution in [-0.4, -0.2) is 33.9 Å². The van der Waals surface area contributed by atoms with E-state index in [1.54, 1.807) is 6.20 Å². The first kappa shape index (κ1) is 20.1. The van der Waals surface area contributed by atoms with Gasteiger partial charge in [-0.3, -0.25) is 19.5 Å². The van der Waals surface area contributed by atoms with E-state index in [9.17, 15) is 9.59 Å². The van der Waals surface area contributed by atoms with Crippen LogP contribution in [0.15, 0.2) is 18.3 Å². The summed E-state index contributed by atoms with van der Waals surface area (Å²) in [6, 6.07) is 3.76. The fraction of sp³-hybridized carbons (Fsp3) is 0.389. The third-order valence-corrected chi connectivity index (χ3v) is 3.65. The Morgan fingerprint density at radius 3 is 2.74 bits per heavy atom. The first-order valence-corrected chi connectivity index (χ1v) is 8.66. The van der Waals surface area contributed by atoms with Gasteiger partial charge in [0.1, 0.15) is 5.69 Å². The number of aryl methyl sites for hydroxylation is 1. The second kappa shape index (κ2) is 9.46. The molecule has 9 nitrogen and oxygen atoms in total. The quantitative estimate of drug-likeness (QED) is 0.510. The van der Waals surface area contributed by atoms with Crippen LogP contribution in [0.5, 0.6) is 6.01 Å². The molecule has 2 aromatic heterocycles. The monoisotopic (exact) mass is 372 g/mol. The Morgan fingerprint density at radius 1 is 1.37 bits per heavy atom. The lowest BCUT2D eigenvalue weighted by Crippen LogP contribution is -2.25. The average Bonchev–Trinajstić information content (AvgIpc) is 2.63. The molecule has 0 bridgehead atoms. The molecule has 0 unspecified atom stereocenters. The molecule has 0 aliphatic carbocycles. The first-order chi connectivity index (χ1) is 12.9. The summed E-state index contributed by atoms with van der Waals surface area (Å²) in [5, 5.41) is 2.59. The summed E-state index contributed by atoms with van der Waals surface area (Å²) >= 11 is 0. The summed E-state index contributed by atoms with van der Waals surface area (Å²) in [6.07, 6.45) is 4.07. The number of carbonyl (C=O) groups excluding carboxylic acids is 2. The number of hydrogen-bond donors (Lipinski definition) is 2. The maximum absolute atomic E-state index is 11.7. The Hall–Kier alpha value is -3.23.